The number of nitrogens with zero attached hydrogens (tertiary/aromatic N) is 2. The highest BCUT2D eigenvalue weighted by Gasteiger charge is 2.03. The van der Waals surface area contributed by atoms with Crippen molar-refractivity contribution in [2.24, 2.45) is 0 Å². The van der Waals surface area contributed by atoms with Crippen LogP contribution in [0, 0.1) is 0 Å². The van der Waals surface area contributed by atoms with Crippen molar-refractivity contribution in [2.45, 2.75) is 155 Å². The van der Waals surface area contributed by atoms with Gasteiger partial charge in [-0.15, -0.1) is 0 Å². The minimum Gasteiger partial charge on any atom is -1.00 e. The molecule has 0 unspecified atom stereocenters. The summed E-state index contributed by atoms with van der Waals surface area (Å²) < 4.78 is 4.74. The average Bonchev–Trinajstić information content (AvgIpc) is 2.91. The molecule has 0 amide bonds. The summed E-state index contributed by atoms with van der Waals surface area (Å²) in [5.41, 5.74) is 3.01. The molecule has 0 aromatic carbocycles. The van der Waals surface area contributed by atoms with E-state index in [9.17, 15) is 0 Å². The van der Waals surface area contributed by atoms with Crippen molar-refractivity contribution in [1.82, 2.24) is 0 Å². The largest absolute Gasteiger partial charge is 1.00 e. The molecule has 2 aromatic rings. The molecule has 4 heteroatoms. The quantitative estimate of drug-likeness (QED) is 0.145. The number of hydrogen-bond acceptors (Lipinski definition) is 0. The molecular formula is C34H58Cl2N2. The van der Waals surface area contributed by atoms with Crippen LogP contribution in [0.4, 0.5) is 0 Å². The van der Waals surface area contributed by atoms with Crippen molar-refractivity contribution in [1.29, 1.82) is 0 Å². The molecule has 218 valence electrons. The zero-order valence-electron chi connectivity index (χ0n) is 24.8. The summed E-state index contributed by atoms with van der Waals surface area (Å²) >= 11 is 0. The molecule has 0 aliphatic heterocycles. The first-order valence-corrected chi connectivity index (χ1v) is 15.8. The second kappa shape index (κ2) is 26.1. The fraction of sp³-hybridized carbons (Fsp3) is 0.706. The lowest BCUT2D eigenvalue weighted by atomic mass is 10.1. The molecule has 0 saturated carbocycles. The van der Waals surface area contributed by atoms with Crippen LogP contribution < -0.4 is 33.9 Å². The summed E-state index contributed by atoms with van der Waals surface area (Å²) in [5.74, 6) is 0. The van der Waals surface area contributed by atoms with Crippen molar-refractivity contribution in [3.05, 3.63) is 60.2 Å². The minimum absolute atomic E-state index is 0. The Morgan fingerprint density at radius 3 is 1.00 bits per heavy atom. The molecule has 0 saturated heterocycles. The Kier molecular flexibility index (Phi) is 25.4. The molecule has 0 aliphatic carbocycles. The van der Waals surface area contributed by atoms with E-state index in [1.807, 2.05) is 0 Å². The number of aryl methyl sites for hydroxylation is 4. The van der Waals surface area contributed by atoms with Gasteiger partial charge in [0.25, 0.3) is 0 Å². The molecule has 2 heterocycles. The third-order valence-corrected chi connectivity index (χ3v) is 7.64. The van der Waals surface area contributed by atoms with Gasteiger partial charge in [-0.1, -0.05) is 90.9 Å². The van der Waals surface area contributed by atoms with Crippen LogP contribution >= 0.6 is 0 Å². The van der Waals surface area contributed by atoms with Gasteiger partial charge in [-0.3, -0.25) is 0 Å². The SMILES string of the molecule is CCCCCCc1cc[n+](CCCCCCCCCCCC[n+]2ccc(CCCCCC)cc2)cc1.[Cl-].[Cl-]. The molecule has 0 spiro atoms. The number of aromatic nitrogens is 2. The maximum Gasteiger partial charge on any atom is 0.169 e. The molecule has 38 heavy (non-hydrogen) atoms. The molecular weight excluding hydrogens is 507 g/mol. The van der Waals surface area contributed by atoms with E-state index in [-0.39, 0.29) is 24.8 Å². The Bertz CT molecular complexity index is 681. The lowest BCUT2D eigenvalue weighted by Crippen LogP contribution is -3.00. The van der Waals surface area contributed by atoms with Crippen molar-refractivity contribution in [3.63, 3.8) is 0 Å². The third-order valence-electron chi connectivity index (χ3n) is 7.64. The Balaban J connectivity index is 0.00000684. The summed E-state index contributed by atoms with van der Waals surface area (Å²) in [6, 6.07) is 9.32. The zero-order chi connectivity index (χ0) is 25.5. The first-order chi connectivity index (χ1) is 17.8. The number of halogens is 2. The van der Waals surface area contributed by atoms with Gasteiger partial charge in [0.1, 0.15) is 13.1 Å². The molecule has 0 atom stereocenters. The summed E-state index contributed by atoms with van der Waals surface area (Å²) in [6.07, 6.45) is 36.3. The molecule has 0 fully saturated rings. The van der Waals surface area contributed by atoms with Crippen molar-refractivity contribution >= 4 is 0 Å². The van der Waals surface area contributed by atoms with Crippen molar-refractivity contribution in [2.75, 3.05) is 0 Å². The van der Waals surface area contributed by atoms with Crippen LogP contribution in [0.15, 0.2) is 49.1 Å². The van der Waals surface area contributed by atoms with Gasteiger partial charge in [0.2, 0.25) is 0 Å². The lowest BCUT2D eigenvalue weighted by Gasteiger charge is -2.03. The summed E-state index contributed by atoms with van der Waals surface area (Å²) in [6.45, 7) is 6.92. The van der Waals surface area contributed by atoms with E-state index in [0.29, 0.717) is 0 Å². The predicted molar refractivity (Wildman–Crippen MR) is 155 cm³/mol. The Morgan fingerprint density at radius 2 is 0.684 bits per heavy atom. The topological polar surface area (TPSA) is 7.76 Å². The van der Waals surface area contributed by atoms with Gasteiger partial charge >= 0.3 is 0 Å². The summed E-state index contributed by atoms with van der Waals surface area (Å²) in [7, 11) is 0. The van der Waals surface area contributed by atoms with Crippen molar-refractivity contribution < 1.29 is 33.9 Å². The fourth-order valence-electron chi connectivity index (χ4n) is 5.12. The number of pyridine rings is 2. The van der Waals surface area contributed by atoms with Crippen LogP contribution in [-0.2, 0) is 25.9 Å². The molecule has 0 bridgehead atoms. The van der Waals surface area contributed by atoms with Crippen molar-refractivity contribution in [3.8, 4) is 0 Å². The van der Waals surface area contributed by atoms with E-state index in [1.54, 1.807) is 0 Å². The molecule has 2 rings (SSSR count). The van der Waals surface area contributed by atoms with E-state index in [1.165, 1.54) is 153 Å². The van der Waals surface area contributed by atoms with Gasteiger partial charge in [0.05, 0.1) is 0 Å². The normalized spacial score (nSPS) is 10.7. The first-order valence-electron chi connectivity index (χ1n) is 15.8. The zero-order valence-corrected chi connectivity index (χ0v) is 26.3. The molecule has 2 aromatic heterocycles. The van der Waals surface area contributed by atoms with Gasteiger partial charge in [-0.25, -0.2) is 9.13 Å². The highest BCUT2D eigenvalue weighted by Crippen LogP contribution is 2.11. The summed E-state index contributed by atoms with van der Waals surface area (Å²) in [4.78, 5) is 0. The number of unbranched alkanes of at least 4 members (excludes halogenated alkanes) is 15. The van der Waals surface area contributed by atoms with Crippen LogP contribution in [0.25, 0.3) is 0 Å². The van der Waals surface area contributed by atoms with E-state index in [0.717, 1.165) is 0 Å². The predicted octanol–water partition coefficient (Wildman–Crippen LogP) is 3.12. The second-order valence-corrected chi connectivity index (χ2v) is 11.0. The van der Waals surface area contributed by atoms with E-state index < -0.39 is 0 Å². The van der Waals surface area contributed by atoms with Crippen LogP contribution in [-0.4, -0.2) is 0 Å². The number of rotatable bonds is 23. The average molecular weight is 566 g/mol. The molecule has 2 nitrogen and oxygen atoms in total. The second-order valence-electron chi connectivity index (χ2n) is 11.0. The van der Waals surface area contributed by atoms with Gasteiger partial charge in [0, 0.05) is 37.1 Å². The number of hydrogen-bond donors (Lipinski definition) is 0. The van der Waals surface area contributed by atoms with E-state index >= 15 is 0 Å². The van der Waals surface area contributed by atoms with Gasteiger partial charge in [-0.05, 0) is 49.7 Å². The highest BCUT2D eigenvalue weighted by molar-refractivity contribution is 5.07. The molecule has 0 aliphatic rings. The van der Waals surface area contributed by atoms with Gasteiger partial charge < -0.3 is 24.8 Å². The third kappa shape index (κ3) is 19.0. The standard InChI is InChI=1S/C34H58N2.2ClH/c1-3-5-7-17-21-33-23-29-35(30-24-33)27-19-15-13-11-9-10-12-14-16-20-28-36-31-25-34(26-32-36)22-18-8-6-4-2;;/h23-26,29-32H,3-22,27-28H2,1-2H3;2*1H/q+2;;/p-2. The Morgan fingerprint density at radius 1 is 0.395 bits per heavy atom. The first kappa shape index (κ1) is 36.9. The van der Waals surface area contributed by atoms with Crippen LogP contribution in [0.1, 0.15) is 141 Å². The van der Waals surface area contributed by atoms with E-state index in [4.69, 9.17) is 0 Å². The lowest BCUT2D eigenvalue weighted by molar-refractivity contribution is -0.697. The van der Waals surface area contributed by atoms with Gasteiger partial charge in [-0.2, -0.15) is 0 Å². The van der Waals surface area contributed by atoms with Gasteiger partial charge in [0.15, 0.2) is 24.8 Å². The Labute approximate surface area is 248 Å². The monoisotopic (exact) mass is 564 g/mol. The summed E-state index contributed by atoms with van der Waals surface area (Å²) in [5, 5.41) is 0. The van der Waals surface area contributed by atoms with Crippen LogP contribution in [0.5, 0.6) is 0 Å². The van der Waals surface area contributed by atoms with E-state index in [2.05, 4.69) is 72.0 Å². The Hall–Kier alpha value is -1.12. The fourth-order valence-corrected chi connectivity index (χ4v) is 5.12. The maximum atomic E-state index is 2.37. The molecule has 0 N–H and O–H groups in total. The maximum absolute atomic E-state index is 2.37. The smallest absolute Gasteiger partial charge is 0.169 e. The van der Waals surface area contributed by atoms with Crippen LogP contribution in [0.2, 0.25) is 0 Å². The van der Waals surface area contributed by atoms with Crippen LogP contribution in [0.3, 0.4) is 0 Å². The minimum atomic E-state index is 0. The highest BCUT2D eigenvalue weighted by atomic mass is 35.5. The molecule has 0 radical (unpaired) electrons.